The van der Waals surface area contributed by atoms with Crippen molar-refractivity contribution in [3.05, 3.63) is 108 Å². The number of hydrogen-bond donors (Lipinski definition) is 1. The normalized spacial score (nSPS) is 19.5. The summed E-state index contributed by atoms with van der Waals surface area (Å²) < 4.78 is 11.0. The Morgan fingerprint density at radius 2 is 1.67 bits per heavy atom. The number of carbonyl (C=O) groups is 3. The number of amides is 4. The zero-order chi connectivity index (χ0) is 29.1. The summed E-state index contributed by atoms with van der Waals surface area (Å²) in [6, 6.07) is 23.9. The van der Waals surface area contributed by atoms with Gasteiger partial charge in [-0.15, -0.1) is 6.58 Å². The number of ether oxygens (including phenoxy) is 2. The maximum atomic E-state index is 14.0. The van der Waals surface area contributed by atoms with Gasteiger partial charge >= 0.3 is 6.03 Å². The van der Waals surface area contributed by atoms with Gasteiger partial charge < -0.3 is 24.6 Å². The molecule has 0 aliphatic carbocycles. The zero-order valence-corrected chi connectivity index (χ0v) is 23.2. The largest absolute Gasteiger partial charge is 0.454 e. The van der Waals surface area contributed by atoms with Gasteiger partial charge in [-0.2, -0.15) is 5.01 Å². The number of fused-ring (bicyclic) bond motifs is 2. The third kappa shape index (κ3) is 5.53. The van der Waals surface area contributed by atoms with E-state index in [1.807, 2.05) is 78.9 Å². The monoisotopic (exact) mass is 567 g/mol. The molecule has 0 saturated carbocycles. The van der Waals surface area contributed by atoms with Gasteiger partial charge in [0.05, 0.1) is 19.6 Å². The van der Waals surface area contributed by atoms with Gasteiger partial charge in [0, 0.05) is 19.5 Å². The van der Waals surface area contributed by atoms with Crippen molar-refractivity contribution in [2.45, 2.75) is 31.7 Å². The Hall–Kier alpha value is -4.83. The second-order valence-corrected chi connectivity index (χ2v) is 10.5. The van der Waals surface area contributed by atoms with E-state index in [0.29, 0.717) is 31.0 Å². The Morgan fingerprint density at radius 1 is 0.952 bits per heavy atom. The molecule has 3 aliphatic heterocycles. The van der Waals surface area contributed by atoms with Gasteiger partial charge in [-0.3, -0.25) is 14.6 Å². The van der Waals surface area contributed by atoms with Crippen molar-refractivity contribution in [2.75, 3.05) is 26.4 Å². The van der Waals surface area contributed by atoms with Crippen LogP contribution >= 0.6 is 0 Å². The number of piperazine rings is 1. The van der Waals surface area contributed by atoms with E-state index in [9.17, 15) is 14.4 Å². The average molecular weight is 568 g/mol. The van der Waals surface area contributed by atoms with Crippen molar-refractivity contribution in [3.63, 3.8) is 0 Å². The molecule has 3 aromatic carbocycles. The summed E-state index contributed by atoms with van der Waals surface area (Å²) in [6.07, 6.45) is 1.48. The first-order valence-corrected chi connectivity index (χ1v) is 14.0. The van der Waals surface area contributed by atoms with Gasteiger partial charge in [0.25, 0.3) is 0 Å². The quantitative estimate of drug-likeness (QED) is 0.400. The summed E-state index contributed by atoms with van der Waals surface area (Å²) >= 11 is 0. The van der Waals surface area contributed by atoms with Gasteiger partial charge in [-0.25, -0.2) is 4.79 Å². The highest BCUT2D eigenvalue weighted by Gasteiger charge is 2.52. The van der Waals surface area contributed by atoms with Crippen molar-refractivity contribution in [2.24, 2.45) is 0 Å². The summed E-state index contributed by atoms with van der Waals surface area (Å²) in [5.74, 6) is 0.990. The van der Waals surface area contributed by atoms with Crippen molar-refractivity contribution < 1.29 is 23.9 Å². The van der Waals surface area contributed by atoms with Crippen LogP contribution in [0.4, 0.5) is 4.79 Å². The Labute approximate surface area is 244 Å². The number of carbonyl (C=O) groups excluding carboxylic acids is 3. The van der Waals surface area contributed by atoms with Crippen LogP contribution in [0.2, 0.25) is 0 Å². The molecular weight excluding hydrogens is 534 g/mol. The Balaban J connectivity index is 1.28. The molecule has 42 heavy (non-hydrogen) atoms. The Bertz CT molecular complexity index is 1470. The maximum Gasteiger partial charge on any atom is 0.332 e. The highest BCUT2D eigenvalue weighted by Crippen LogP contribution is 2.34. The highest BCUT2D eigenvalue weighted by molar-refractivity contribution is 5.91. The molecule has 2 atom stereocenters. The molecule has 3 heterocycles. The van der Waals surface area contributed by atoms with Gasteiger partial charge in [0.1, 0.15) is 12.2 Å². The Kier molecular flexibility index (Phi) is 7.78. The molecule has 10 nitrogen and oxygen atoms in total. The summed E-state index contributed by atoms with van der Waals surface area (Å²) in [5, 5.41) is 6.25. The lowest BCUT2D eigenvalue weighted by Crippen LogP contribution is -2.66. The molecule has 1 N–H and O–H groups in total. The van der Waals surface area contributed by atoms with Crippen LogP contribution in [-0.2, 0) is 29.1 Å². The van der Waals surface area contributed by atoms with Crippen molar-refractivity contribution >= 4 is 17.8 Å². The van der Waals surface area contributed by atoms with Gasteiger partial charge in [0.15, 0.2) is 11.5 Å². The van der Waals surface area contributed by atoms with Crippen LogP contribution in [0.3, 0.4) is 0 Å². The Morgan fingerprint density at radius 3 is 2.40 bits per heavy atom. The molecule has 0 aromatic heterocycles. The molecule has 216 valence electrons. The van der Waals surface area contributed by atoms with Crippen LogP contribution in [-0.4, -0.2) is 76.3 Å². The standard InChI is InChI=1S/C32H33N5O5/c1-2-15-35(32(40)33-18-24-11-7-4-8-12-24)36-21-30(38)37-26(16-23-9-5-3-6-10-23)31(39)34(20-29(36)37)19-25-13-14-27-28(17-25)42-22-41-27/h2-14,17,26,29H,1,15-16,18-22H2,(H,33,40)/t26-,29+/m0/s1. The fourth-order valence-electron chi connectivity index (χ4n) is 5.78. The second kappa shape index (κ2) is 12.0. The molecule has 3 aliphatic rings. The molecule has 4 amide bonds. The predicted octanol–water partition coefficient (Wildman–Crippen LogP) is 3.15. The van der Waals surface area contributed by atoms with E-state index in [2.05, 4.69) is 11.9 Å². The molecule has 3 aromatic rings. The molecule has 2 saturated heterocycles. The lowest BCUT2D eigenvalue weighted by atomic mass is 10.00. The smallest absolute Gasteiger partial charge is 0.332 e. The number of nitrogens with one attached hydrogen (secondary N) is 1. The molecule has 10 heteroatoms. The number of hydrazine groups is 1. The minimum atomic E-state index is -0.712. The molecule has 0 spiro atoms. The van der Waals surface area contributed by atoms with E-state index in [1.54, 1.807) is 20.9 Å². The van der Waals surface area contributed by atoms with E-state index in [1.165, 1.54) is 5.01 Å². The molecule has 0 bridgehead atoms. The maximum absolute atomic E-state index is 14.0. The topological polar surface area (TPSA) is 94.7 Å². The molecule has 0 radical (unpaired) electrons. The average Bonchev–Trinajstić information content (AvgIpc) is 3.61. The first kappa shape index (κ1) is 27.3. The van der Waals surface area contributed by atoms with Gasteiger partial charge in [-0.05, 0) is 28.8 Å². The number of urea groups is 1. The van der Waals surface area contributed by atoms with Gasteiger partial charge in [-0.1, -0.05) is 72.8 Å². The van der Waals surface area contributed by atoms with Crippen LogP contribution in [0.1, 0.15) is 16.7 Å². The zero-order valence-electron chi connectivity index (χ0n) is 23.2. The first-order chi connectivity index (χ1) is 20.5. The van der Waals surface area contributed by atoms with E-state index in [4.69, 9.17) is 9.47 Å². The van der Waals surface area contributed by atoms with Crippen molar-refractivity contribution in [3.8, 4) is 11.5 Å². The summed E-state index contributed by atoms with van der Waals surface area (Å²) in [7, 11) is 0. The number of hydrogen-bond acceptors (Lipinski definition) is 6. The van der Waals surface area contributed by atoms with Crippen LogP contribution in [0.15, 0.2) is 91.5 Å². The minimum absolute atomic E-state index is 0.0201. The molecule has 0 unspecified atom stereocenters. The van der Waals surface area contributed by atoms with E-state index in [-0.39, 0.29) is 44.3 Å². The van der Waals surface area contributed by atoms with Crippen molar-refractivity contribution in [1.82, 2.24) is 25.1 Å². The molecule has 2 fully saturated rings. The summed E-state index contributed by atoms with van der Waals surface area (Å²) in [5.41, 5.74) is 2.80. The molecule has 6 rings (SSSR count). The summed E-state index contributed by atoms with van der Waals surface area (Å²) in [4.78, 5) is 44.5. The number of rotatable bonds is 9. The SMILES string of the molecule is C=CCN(C(=O)NCc1ccccc1)N1CC(=O)N2[C@@H](Cc3ccccc3)C(=O)N(Cc3ccc4c(c3)OCO4)C[C@@H]21. The lowest BCUT2D eigenvalue weighted by molar-refractivity contribution is -0.157. The number of benzene rings is 3. The van der Waals surface area contributed by atoms with E-state index < -0.39 is 12.2 Å². The minimum Gasteiger partial charge on any atom is -0.454 e. The molecular formula is C32H33N5O5. The van der Waals surface area contributed by atoms with Crippen LogP contribution in [0.5, 0.6) is 11.5 Å². The van der Waals surface area contributed by atoms with E-state index >= 15 is 0 Å². The van der Waals surface area contributed by atoms with Crippen LogP contribution < -0.4 is 14.8 Å². The van der Waals surface area contributed by atoms with Crippen molar-refractivity contribution in [1.29, 1.82) is 0 Å². The first-order valence-electron chi connectivity index (χ1n) is 14.0. The third-order valence-electron chi connectivity index (χ3n) is 7.78. The van der Waals surface area contributed by atoms with E-state index in [0.717, 1.165) is 16.7 Å². The summed E-state index contributed by atoms with van der Waals surface area (Å²) in [6.45, 7) is 5.11. The lowest BCUT2D eigenvalue weighted by Gasteiger charge is -2.46. The predicted molar refractivity (Wildman–Crippen MR) is 155 cm³/mol. The van der Waals surface area contributed by atoms with Gasteiger partial charge in [0.2, 0.25) is 18.6 Å². The fourth-order valence-corrected chi connectivity index (χ4v) is 5.78. The second-order valence-electron chi connectivity index (χ2n) is 10.5. The van der Waals surface area contributed by atoms with Crippen LogP contribution in [0.25, 0.3) is 0 Å². The number of nitrogens with zero attached hydrogens (tertiary/aromatic N) is 4. The highest BCUT2D eigenvalue weighted by atomic mass is 16.7. The fraction of sp³-hybridized carbons (Fsp3) is 0.281. The third-order valence-corrected chi connectivity index (χ3v) is 7.78. The van der Waals surface area contributed by atoms with Crippen LogP contribution in [0, 0.1) is 0 Å².